The second kappa shape index (κ2) is 4.97. The van der Waals surface area contributed by atoms with E-state index in [0.29, 0.717) is 0 Å². The van der Waals surface area contributed by atoms with Crippen LogP contribution in [0.15, 0.2) is 0 Å². The molecule has 0 spiro atoms. The van der Waals surface area contributed by atoms with Gasteiger partial charge in [0.25, 0.3) is 0 Å². The van der Waals surface area contributed by atoms with E-state index in [9.17, 15) is 0 Å². The Morgan fingerprint density at radius 2 is 1.85 bits per heavy atom. The van der Waals surface area contributed by atoms with Gasteiger partial charge in [0, 0.05) is 19.8 Å². The molecule has 2 heteroatoms. The van der Waals surface area contributed by atoms with Crippen LogP contribution < -0.4 is 0 Å². The molecule has 2 saturated heterocycles. The van der Waals surface area contributed by atoms with Crippen molar-refractivity contribution in [2.45, 2.75) is 25.7 Å². The molecule has 2 aliphatic heterocycles. The van der Waals surface area contributed by atoms with Crippen LogP contribution in [0.2, 0.25) is 0 Å². The van der Waals surface area contributed by atoms with E-state index in [1.807, 2.05) is 0 Å². The molecule has 2 nitrogen and oxygen atoms in total. The second-order valence-electron chi connectivity index (χ2n) is 4.22. The Morgan fingerprint density at radius 3 is 2.54 bits per heavy atom. The maximum absolute atomic E-state index is 5.36. The van der Waals surface area contributed by atoms with Crippen LogP contribution in [0.1, 0.15) is 25.7 Å². The molecule has 2 aliphatic rings. The number of piperidine rings is 1. The van der Waals surface area contributed by atoms with Gasteiger partial charge in [-0.1, -0.05) is 0 Å². The number of nitrogens with zero attached hydrogens (tertiary/aromatic N) is 1. The van der Waals surface area contributed by atoms with Crippen LogP contribution in [-0.4, -0.2) is 37.7 Å². The van der Waals surface area contributed by atoms with E-state index in [1.54, 1.807) is 0 Å². The summed E-state index contributed by atoms with van der Waals surface area (Å²) >= 11 is 0. The summed E-state index contributed by atoms with van der Waals surface area (Å²) in [7, 11) is 0. The van der Waals surface area contributed by atoms with Gasteiger partial charge in [-0.2, -0.15) is 0 Å². The lowest BCUT2D eigenvalue weighted by Crippen LogP contribution is -2.36. The molecule has 0 aromatic rings. The molecule has 0 bridgehead atoms. The van der Waals surface area contributed by atoms with Crippen molar-refractivity contribution in [2.24, 2.45) is 5.92 Å². The van der Waals surface area contributed by atoms with Crippen LogP contribution in [-0.2, 0) is 4.74 Å². The quantitative estimate of drug-likeness (QED) is 0.644. The maximum Gasteiger partial charge on any atom is 0.0469 e. The zero-order chi connectivity index (χ0) is 8.93. The molecule has 13 heavy (non-hydrogen) atoms. The van der Waals surface area contributed by atoms with Crippen LogP contribution >= 0.6 is 0 Å². The van der Waals surface area contributed by atoms with Gasteiger partial charge in [-0.05, 0) is 51.1 Å². The van der Waals surface area contributed by atoms with E-state index in [1.165, 1.54) is 45.3 Å². The molecule has 75 valence electrons. The third kappa shape index (κ3) is 2.96. The Labute approximate surface area is 81.3 Å². The minimum atomic E-state index is 0.909. The molecule has 0 unspecified atom stereocenters. The van der Waals surface area contributed by atoms with Crippen LogP contribution in [0.5, 0.6) is 0 Å². The van der Waals surface area contributed by atoms with Crippen LogP contribution in [0, 0.1) is 12.3 Å². The van der Waals surface area contributed by atoms with E-state index in [4.69, 9.17) is 4.74 Å². The fourth-order valence-electron chi connectivity index (χ4n) is 2.28. The number of likely N-dealkylation sites (tertiary alicyclic amines) is 1. The van der Waals surface area contributed by atoms with Crippen molar-refractivity contribution in [3.05, 3.63) is 6.42 Å². The molecule has 1 radical (unpaired) electrons. The molecule has 0 aromatic heterocycles. The average molecular weight is 182 g/mol. The summed E-state index contributed by atoms with van der Waals surface area (Å²) in [5.74, 6) is 0.909. The second-order valence-corrected chi connectivity index (χ2v) is 4.22. The molecule has 0 aliphatic carbocycles. The lowest BCUT2D eigenvalue weighted by molar-refractivity contribution is 0.0513. The van der Waals surface area contributed by atoms with Crippen molar-refractivity contribution in [1.82, 2.24) is 4.90 Å². The Hall–Kier alpha value is -0.0800. The summed E-state index contributed by atoms with van der Waals surface area (Å²) in [5, 5.41) is 0. The standard InChI is InChI=1S/C11H20NO/c1-2-6-12(7-3-1)10-11-4-8-13-9-5-11/h1,11H,2-10H2. The van der Waals surface area contributed by atoms with Gasteiger partial charge < -0.3 is 9.64 Å². The first-order valence-electron chi connectivity index (χ1n) is 5.57. The van der Waals surface area contributed by atoms with Gasteiger partial charge in [0.05, 0.1) is 0 Å². The van der Waals surface area contributed by atoms with Gasteiger partial charge in [0.2, 0.25) is 0 Å². The van der Waals surface area contributed by atoms with Crippen LogP contribution in [0.25, 0.3) is 0 Å². The molecule has 0 aromatic carbocycles. The van der Waals surface area contributed by atoms with Crippen molar-refractivity contribution < 1.29 is 4.74 Å². The summed E-state index contributed by atoms with van der Waals surface area (Å²) in [5.41, 5.74) is 0. The predicted molar refractivity (Wildman–Crippen MR) is 53.5 cm³/mol. The first-order valence-corrected chi connectivity index (χ1v) is 5.57. The average Bonchev–Trinajstić information content (AvgIpc) is 2.21. The Kier molecular flexibility index (Phi) is 3.62. The molecule has 2 rings (SSSR count). The minimum Gasteiger partial charge on any atom is -0.381 e. The van der Waals surface area contributed by atoms with Crippen molar-refractivity contribution in [2.75, 3.05) is 32.8 Å². The zero-order valence-electron chi connectivity index (χ0n) is 8.37. The van der Waals surface area contributed by atoms with E-state index in [-0.39, 0.29) is 0 Å². The van der Waals surface area contributed by atoms with Crippen molar-refractivity contribution in [3.8, 4) is 0 Å². The number of hydrogen-bond acceptors (Lipinski definition) is 2. The van der Waals surface area contributed by atoms with Crippen LogP contribution in [0.4, 0.5) is 0 Å². The van der Waals surface area contributed by atoms with Gasteiger partial charge in [0.15, 0.2) is 0 Å². The maximum atomic E-state index is 5.36. The van der Waals surface area contributed by atoms with Crippen molar-refractivity contribution >= 4 is 0 Å². The fraction of sp³-hybridized carbons (Fsp3) is 0.909. The molecule has 0 amide bonds. The van der Waals surface area contributed by atoms with E-state index in [0.717, 1.165) is 19.1 Å². The fourth-order valence-corrected chi connectivity index (χ4v) is 2.28. The van der Waals surface area contributed by atoms with Gasteiger partial charge in [-0.3, -0.25) is 0 Å². The van der Waals surface area contributed by atoms with Gasteiger partial charge in [-0.25, -0.2) is 0 Å². The monoisotopic (exact) mass is 182 g/mol. The number of rotatable bonds is 2. The lowest BCUT2D eigenvalue weighted by Gasteiger charge is -2.31. The largest absolute Gasteiger partial charge is 0.381 e. The molecule has 2 heterocycles. The van der Waals surface area contributed by atoms with Crippen molar-refractivity contribution in [3.63, 3.8) is 0 Å². The third-order valence-electron chi connectivity index (χ3n) is 3.16. The number of ether oxygens (including phenoxy) is 1. The SMILES string of the molecule is [CH]1CCN(CC2CCOCC2)CC1. The summed E-state index contributed by atoms with van der Waals surface area (Å²) < 4.78 is 5.36. The highest BCUT2D eigenvalue weighted by Gasteiger charge is 2.18. The van der Waals surface area contributed by atoms with E-state index >= 15 is 0 Å². The summed E-state index contributed by atoms with van der Waals surface area (Å²) in [6.07, 6.45) is 7.56. The smallest absolute Gasteiger partial charge is 0.0469 e. The molecule has 0 N–H and O–H groups in total. The van der Waals surface area contributed by atoms with Crippen molar-refractivity contribution in [1.29, 1.82) is 0 Å². The highest BCUT2D eigenvalue weighted by Crippen LogP contribution is 2.18. The molecule has 2 fully saturated rings. The van der Waals surface area contributed by atoms with Gasteiger partial charge >= 0.3 is 0 Å². The van der Waals surface area contributed by atoms with Crippen LogP contribution in [0.3, 0.4) is 0 Å². The summed E-state index contributed by atoms with van der Waals surface area (Å²) in [4.78, 5) is 2.62. The van der Waals surface area contributed by atoms with E-state index in [2.05, 4.69) is 11.3 Å². The van der Waals surface area contributed by atoms with E-state index < -0.39 is 0 Å². The number of hydrogen-bond donors (Lipinski definition) is 0. The normalized spacial score (nSPS) is 27.7. The Morgan fingerprint density at radius 1 is 1.15 bits per heavy atom. The highest BCUT2D eigenvalue weighted by atomic mass is 16.5. The molecular formula is C11H20NO. The molecule has 0 saturated carbocycles. The lowest BCUT2D eigenvalue weighted by atomic mass is 9.98. The first-order chi connectivity index (χ1) is 6.45. The predicted octanol–water partition coefficient (Wildman–Crippen LogP) is 1.71. The summed E-state index contributed by atoms with van der Waals surface area (Å²) in [6, 6.07) is 0. The Balaban J connectivity index is 1.69. The molecular weight excluding hydrogens is 162 g/mol. The first kappa shape index (κ1) is 9.47. The summed E-state index contributed by atoms with van der Waals surface area (Å²) in [6.45, 7) is 5.88. The third-order valence-corrected chi connectivity index (χ3v) is 3.16. The van der Waals surface area contributed by atoms with Gasteiger partial charge in [-0.15, -0.1) is 0 Å². The topological polar surface area (TPSA) is 12.5 Å². The highest BCUT2D eigenvalue weighted by molar-refractivity contribution is 4.78. The Bertz CT molecular complexity index is 121. The zero-order valence-corrected chi connectivity index (χ0v) is 8.37. The molecule has 0 atom stereocenters. The minimum absolute atomic E-state index is 0.909. The van der Waals surface area contributed by atoms with Gasteiger partial charge in [0.1, 0.15) is 0 Å².